The maximum absolute atomic E-state index is 12.6. The van der Waals surface area contributed by atoms with Crippen LogP contribution in [0.3, 0.4) is 0 Å². The minimum absolute atomic E-state index is 0.00451. The van der Waals surface area contributed by atoms with Crippen molar-refractivity contribution >= 4 is 11.8 Å². The van der Waals surface area contributed by atoms with Crippen LogP contribution in [0.25, 0.3) is 0 Å². The van der Waals surface area contributed by atoms with E-state index in [0.717, 1.165) is 17.7 Å². The molecule has 9 heteroatoms. The molecular weight excluding hydrogens is 416 g/mol. The lowest BCUT2D eigenvalue weighted by Crippen LogP contribution is -2.50. The van der Waals surface area contributed by atoms with E-state index in [-0.39, 0.29) is 17.4 Å². The lowest BCUT2D eigenvalue weighted by Gasteiger charge is -2.35. The number of piperazine rings is 1. The minimum atomic E-state index is -0.665. The molecule has 0 aromatic heterocycles. The summed E-state index contributed by atoms with van der Waals surface area (Å²) in [6, 6.07) is 7.85. The highest BCUT2D eigenvalue weighted by molar-refractivity contribution is 5.95. The fraction of sp³-hybridized carbons (Fsp3) is 0.391. The van der Waals surface area contributed by atoms with Gasteiger partial charge < -0.3 is 34.6 Å². The zero-order chi connectivity index (χ0) is 23.3. The molecule has 2 aromatic carbocycles. The lowest BCUT2D eigenvalue weighted by molar-refractivity contribution is -0.132. The van der Waals surface area contributed by atoms with Crippen molar-refractivity contribution in [3.8, 4) is 28.7 Å². The van der Waals surface area contributed by atoms with Gasteiger partial charge in [-0.05, 0) is 43.2 Å². The van der Waals surface area contributed by atoms with Gasteiger partial charge in [0.25, 0.3) is 5.91 Å². The summed E-state index contributed by atoms with van der Waals surface area (Å²) in [6.45, 7) is 3.91. The largest absolute Gasteiger partial charge is 0.504 e. The summed E-state index contributed by atoms with van der Waals surface area (Å²) in [6.07, 6.45) is 0.900. The highest BCUT2D eigenvalue weighted by Crippen LogP contribution is 2.35. The van der Waals surface area contributed by atoms with E-state index in [9.17, 15) is 24.9 Å². The van der Waals surface area contributed by atoms with Gasteiger partial charge in [0.2, 0.25) is 5.91 Å². The summed E-state index contributed by atoms with van der Waals surface area (Å²) in [4.78, 5) is 28.5. The van der Waals surface area contributed by atoms with Gasteiger partial charge in [-0.2, -0.15) is 0 Å². The van der Waals surface area contributed by atoms with Gasteiger partial charge in [-0.15, -0.1) is 0 Å². The zero-order valence-corrected chi connectivity index (χ0v) is 18.2. The second-order valence-corrected chi connectivity index (χ2v) is 7.45. The number of benzene rings is 2. The first-order chi connectivity index (χ1) is 15.3. The summed E-state index contributed by atoms with van der Waals surface area (Å²) >= 11 is 0. The smallest absolute Gasteiger partial charge is 0.254 e. The van der Waals surface area contributed by atoms with Crippen LogP contribution in [0.5, 0.6) is 28.7 Å². The minimum Gasteiger partial charge on any atom is -0.504 e. The monoisotopic (exact) mass is 444 g/mol. The Morgan fingerprint density at radius 3 is 2.16 bits per heavy atom. The number of carbonyl (C=O) groups is 2. The van der Waals surface area contributed by atoms with Crippen LogP contribution >= 0.6 is 0 Å². The third-order valence-corrected chi connectivity index (χ3v) is 5.39. The molecule has 0 radical (unpaired) electrons. The maximum Gasteiger partial charge on any atom is 0.254 e. The average Bonchev–Trinajstić information content (AvgIpc) is 2.81. The Hall–Kier alpha value is -3.62. The number of aryl methyl sites for hydroxylation is 1. The predicted octanol–water partition coefficient (Wildman–Crippen LogP) is 2.13. The highest BCUT2D eigenvalue weighted by Gasteiger charge is 2.26. The third-order valence-electron chi connectivity index (χ3n) is 5.39. The van der Waals surface area contributed by atoms with Gasteiger partial charge in [0.1, 0.15) is 0 Å². The number of aromatic hydroxyl groups is 3. The molecule has 0 bridgehead atoms. The maximum atomic E-state index is 12.6. The van der Waals surface area contributed by atoms with Crippen molar-refractivity contribution in [3.05, 3.63) is 41.5 Å². The molecule has 3 rings (SSSR count). The fourth-order valence-corrected chi connectivity index (χ4v) is 3.62. The number of nitrogens with zero attached hydrogens (tertiary/aromatic N) is 2. The molecule has 0 saturated carbocycles. The normalized spacial score (nSPS) is 13.7. The van der Waals surface area contributed by atoms with Crippen molar-refractivity contribution in [2.24, 2.45) is 0 Å². The Kier molecular flexibility index (Phi) is 7.29. The van der Waals surface area contributed by atoms with Crippen LogP contribution in [0.1, 0.15) is 29.3 Å². The second kappa shape index (κ2) is 10.1. The predicted molar refractivity (Wildman–Crippen MR) is 116 cm³/mol. The van der Waals surface area contributed by atoms with Crippen LogP contribution in [0.2, 0.25) is 0 Å². The molecule has 0 aliphatic carbocycles. The molecule has 2 amide bonds. The van der Waals surface area contributed by atoms with Gasteiger partial charge in [0, 0.05) is 38.2 Å². The molecule has 0 unspecified atom stereocenters. The quantitative estimate of drug-likeness (QED) is 0.560. The molecule has 0 spiro atoms. The fourth-order valence-electron chi connectivity index (χ4n) is 3.62. The van der Waals surface area contributed by atoms with Crippen molar-refractivity contribution in [2.45, 2.75) is 19.8 Å². The summed E-state index contributed by atoms with van der Waals surface area (Å²) in [7, 11) is 1.58. The first kappa shape index (κ1) is 23.1. The number of phenols is 3. The first-order valence-electron chi connectivity index (χ1n) is 10.5. The van der Waals surface area contributed by atoms with Crippen LogP contribution in [0.15, 0.2) is 30.3 Å². The number of hydrogen-bond acceptors (Lipinski definition) is 7. The summed E-state index contributed by atoms with van der Waals surface area (Å²) < 4.78 is 10.9. The van der Waals surface area contributed by atoms with Crippen molar-refractivity contribution in [2.75, 3.05) is 39.9 Å². The Labute approximate surface area is 186 Å². The van der Waals surface area contributed by atoms with Crippen molar-refractivity contribution in [3.63, 3.8) is 0 Å². The molecule has 172 valence electrons. The van der Waals surface area contributed by atoms with Crippen LogP contribution in [0, 0.1) is 0 Å². The Balaban J connectivity index is 1.53. The topological polar surface area (TPSA) is 120 Å². The Morgan fingerprint density at radius 2 is 1.56 bits per heavy atom. The average molecular weight is 444 g/mol. The molecule has 1 aliphatic heterocycles. The Bertz CT molecular complexity index is 961. The van der Waals surface area contributed by atoms with Crippen LogP contribution in [-0.4, -0.2) is 76.8 Å². The Morgan fingerprint density at radius 1 is 0.938 bits per heavy atom. The van der Waals surface area contributed by atoms with Crippen molar-refractivity contribution in [1.82, 2.24) is 9.80 Å². The van der Waals surface area contributed by atoms with E-state index in [1.165, 1.54) is 0 Å². The molecule has 9 nitrogen and oxygen atoms in total. The van der Waals surface area contributed by atoms with E-state index < -0.39 is 17.2 Å². The zero-order valence-electron chi connectivity index (χ0n) is 18.2. The van der Waals surface area contributed by atoms with E-state index >= 15 is 0 Å². The molecule has 1 saturated heterocycles. The molecule has 1 aliphatic rings. The van der Waals surface area contributed by atoms with E-state index in [0.29, 0.717) is 57.1 Å². The van der Waals surface area contributed by atoms with Gasteiger partial charge in [-0.3, -0.25) is 9.59 Å². The standard InChI is InChI=1S/C23H28N2O7/c1-3-32-19-6-4-15(12-20(19)31-2)5-7-21(28)24-8-10-25(11-9-24)23(30)16-13-17(26)22(29)18(27)14-16/h4,6,12-14,26-27,29H,3,5,7-11H2,1-2H3. The number of rotatable bonds is 7. The molecule has 2 aromatic rings. The molecule has 32 heavy (non-hydrogen) atoms. The number of phenolic OH excluding ortho intramolecular Hbond substituents is 3. The van der Waals surface area contributed by atoms with Gasteiger partial charge in [-0.1, -0.05) is 6.07 Å². The van der Waals surface area contributed by atoms with Gasteiger partial charge in [-0.25, -0.2) is 0 Å². The number of amides is 2. The summed E-state index contributed by atoms with van der Waals surface area (Å²) in [5, 5.41) is 28.7. The summed E-state index contributed by atoms with van der Waals surface area (Å²) in [5.74, 6) is -0.867. The molecule has 3 N–H and O–H groups in total. The van der Waals surface area contributed by atoms with Gasteiger partial charge in [0.15, 0.2) is 28.7 Å². The van der Waals surface area contributed by atoms with E-state index in [1.54, 1.807) is 16.9 Å². The van der Waals surface area contributed by atoms with E-state index in [4.69, 9.17) is 9.47 Å². The van der Waals surface area contributed by atoms with Gasteiger partial charge >= 0.3 is 0 Å². The number of carbonyl (C=O) groups excluding carboxylic acids is 2. The number of hydrogen-bond donors (Lipinski definition) is 3. The summed E-state index contributed by atoms with van der Waals surface area (Å²) in [5.41, 5.74) is 1.04. The molecule has 0 atom stereocenters. The van der Waals surface area contributed by atoms with Crippen LogP contribution in [0.4, 0.5) is 0 Å². The SMILES string of the molecule is CCOc1ccc(CCC(=O)N2CCN(C(=O)c3cc(O)c(O)c(O)c3)CC2)cc1OC. The van der Waals surface area contributed by atoms with Crippen LogP contribution in [-0.2, 0) is 11.2 Å². The number of ether oxygens (including phenoxy) is 2. The number of methoxy groups -OCH3 is 1. The third kappa shape index (κ3) is 5.16. The molecular formula is C23H28N2O7. The lowest BCUT2D eigenvalue weighted by atomic mass is 10.1. The van der Waals surface area contributed by atoms with Crippen molar-refractivity contribution < 1.29 is 34.4 Å². The van der Waals surface area contributed by atoms with Crippen molar-refractivity contribution in [1.29, 1.82) is 0 Å². The highest BCUT2D eigenvalue weighted by atomic mass is 16.5. The van der Waals surface area contributed by atoms with Crippen LogP contribution < -0.4 is 9.47 Å². The first-order valence-corrected chi connectivity index (χ1v) is 10.5. The molecule has 1 fully saturated rings. The second-order valence-electron chi connectivity index (χ2n) is 7.45. The van der Waals surface area contributed by atoms with E-state index in [2.05, 4.69) is 0 Å². The van der Waals surface area contributed by atoms with Gasteiger partial charge in [0.05, 0.1) is 13.7 Å². The molecule has 1 heterocycles. The van der Waals surface area contributed by atoms with E-state index in [1.807, 2.05) is 25.1 Å².